The van der Waals surface area contributed by atoms with Gasteiger partial charge >= 0.3 is 6.18 Å². The third-order valence-electron chi connectivity index (χ3n) is 5.36. The van der Waals surface area contributed by atoms with Crippen LogP contribution in [0.3, 0.4) is 0 Å². The third kappa shape index (κ3) is 7.15. The lowest BCUT2D eigenvalue weighted by Crippen LogP contribution is -2.39. The zero-order valence-corrected chi connectivity index (χ0v) is 21.5. The summed E-state index contributed by atoms with van der Waals surface area (Å²) in [7, 11) is -1.45. The summed E-state index contributed by atoms with van der Waals surface area (Å²) in [5, 5.41) is 1.80. The number of halogens is 4. The summed E-state index contributed by atoms with van der Waals surface area (Å²) in [5.74, 6) is -0.331. The van der Waals surface area contributed by atoms with E-state index in [1.807, 2.05) is 18.2 Å². The maximum Gasteiger partial charge on any atom is 0.417 e. The molecule has 0 aliphatic carbocycles. The molecule has 3 aromatic carbocycles. The van der Waals surface area contributed by atoms with Crippen LogP contribution in [0.2, 0.25) is 5.02 Å². The molecule has 1 amide bonds. The minimum absolute atomic E-state index is 0.0669. The highest BCUT2D eigenvalue weighted by Gasteiger charge is 2.34. The Balaban J connectivity index is 1.89. The van der Waals surface area contributed by atoms with E-state index in [2.05, 4.69) is 5.32 Å². The molecule has 37 heavy (non-hydrogen) atoms. The maximum absolute atomic E-state index is 13.5. The summed E-state index contributed by atoms with van der Waals surface area (Å²) in [4.78, 5) is 12.7. The number of nitrogens with one attached hydrogen (secondary N) is 1. The van der Waals surface area contributed by atoms with Gasteiger partial charge in [0.2, 0.25) is 15.9 Å². The Morgan fingerprint density at radius 2 is 1.65 bits per heavy atom. The summed E-state index contributed by atoms with van der Waals surface area (Å²) in [6.45, 7) is -0.712. The number of carbonyl (C=O) groups excluding carboxylic acids is 1. The van der Waals surface area contributed by atoms with Gasteiger partial charge in [-0.1, -0.05) is 41.9 Å². The number of alkyl halides is 3. The molecule has 0 unspecified atom stereocenters. The number of hydrogen-bond acceptors (Lipinski definition) is 5. The van der Waals surface area contributed by atoms with E-state index in [-0.39, 0.29) is 22.9 Å². The van der Waals surface area contributed by atoms with Crippen molar-refractivity contribution in [2.24, 2.45) is 0 Å². The van der Waals surface area contributed by atoms with Gasteiger partial charge < -0.3 is 14.8 Å². The first-order valence-electron chi connectivity index (χ1n) is 10.9. The van der Waals surface area contributed by atoms with Gasteiger partial charge in [-0.25, -0.2) is 8.42 Å². The van der Waals surface area contributed by atoms with Crippen molar-refractivity contribution in [3.8, 4) is 11.5 Å². The van der Waals surface area contributed by atoms with Crippen LogP contribution in [0.15, 0.2) is 71.6 Å². The Hall–Kier alpha value is -3.28. The third-order valence-corrected chi connectivity index (χ3v) is 7.53. The largest absolute Gasteiger partial charge is 0.493 e. The van der Waals surface area contributed by atoms with Gasteiger partial charge in [0.15, 0.2) is 11.5 Å². The van der Waals surface area contributed by atoms with Crippen molar-refractivity contribution in [1.82, 2.24) is 4.31 Å². The number of methoxy groups -OCH3 is 2. The van der Waals surface area contributed by atoms with E-state index in [1.54, 1.807) is 12.1 Å². The van der Waals surface area contributed by atoms with E-state index in [4.69, 9.17) is 21.1 Å². The molecule has 1 N–H and O–H groups in total. The zero-order valence-electron chi connectivity index (χ0n) is 19.9. The van der Waals surface area contributed by atoms with E-state index >= 15 is 0 Å². The van der Waals surface area contributed by atoms with E-state index in [0.717, 1.165) is 15.9 Å². The van der Waals surface area contributed by atoms with Crippen molar-refractivity contribution in [2.45, 2.75) is 17.5 Å². The fourth-order valence-electron chi connectivity index (χ4n) is 3.49. The Kier molecular flexibility index (Phi) is 9.06. The number of benzene rings is 3. The van der Waals surface area contributed by atoms with E-state index in [9.17, 15) is 26.4 Å². The quantitative estimate of drug-likeness (QED) is 0.369. The molecule has 0 atom stereocenters. The number of ether oxygens (including phenoxy) is 2. The lowest BCUT2D eigenvalue weighted by molar-refractivity contribution is -0.137. The van der Waals surface area contributed by atoms with E-state index < -0.39 is 39.2 Å². The molecule has 7 nitrogen and oxygen atoms in total. The lowest BCUT2D eigenvalue weighted by Gasteiger charge is -2.22. The van der Waals surface area contributed by atoms with Crippen LogP contribution in [-0.4, -0.2) is 45.9 Å². The number of hydrogen-bond donors (Lipinski definition) is 1. The second-order valence-electron chi connectivity index (χ2n) is 7.83. The molecule has 3 aromatic rings. The first-order valence-corrected chi connectivity index (χ1v) is 12.7. The molecule has 12 heteroatoms. The fraction of sp³-hybridized carbons (Fsp3) is 0.240. The lowest BCUT2D eigenvalue weighted by atomic mass is 10.1. The summed E-state index contributed by atoms with van der Waals surface area (Å²) in [6, 6.07) is 16.0. The minimum Gasteiger partial charge on any atom is -0.493 e. The highest BCUT2D eigenvalue weighted by atomic mass is 35.5. The Morgan fingerprint density at radius 3 is 2.27 bits per heavy atom. The van der Waals surface area contributed by atoms with Crippen LogP contribution in [0.4, 0.5) is 18.9 Å². The molecule has 0 aliphatic heterocycles. The topological polar surface area (TPSA) is 84.9 Å². The monoisotopic (exact) mass is 556 g/mol. The molecule has 0 saturated carbocycles. The standard InChI is InChI=1S/C25H24ClF3N2O5S/c1-35-22-11-9-19(15-23(22)36-2)37(33,34)31(13-12-17-6-4-3-5-7-17)16-24(32)30-18-8-10-21(26)20(14-18)25(27,28)29/h3-11,14-15H,12-13,16H2,1-2H3,(H,30,32). The van der Waals surface area contributed by atoms with Crippen molar-refractivity contribution in [1.29, 1.82) is 0 Å². The van der Waals surface area contributed by atoms with Crippen LogP contribution in [0.1, 0.15) is 11.1 Å². The van der Waals surface area contributed by atoms with Gasteiger partial charge in [-0.15, -0.1) is 0 Å². The summed E-state index contributed by atoms with van der Waals surface area (Å²) in [5.41, 5.74) is -0.456. The number of sulfonamides is 1. The van der Waals surface area contributed by atoms with Crippen LogP contribution in [0, 0.1) is 0 Å². The molecule has 0 radical (unpaired) electrons. The fourth-order valence-corrected chi connectivity index (χ4v) is 5.13. The SMILES string of the molecule is COc1ccc(S(=O)(=O)N(CCc2ccccc2)CC(=O)Nc2ccc(Cl)c(C(F)(F)F)c2)cc1OC. The average molecular weight is 557 g/mol. The molecule has 0 heterocycles. The predicted molar refractivity (Wildman–Crippen MR) is 134 cm³/mol. The van der Waals surface area contributed by atoms with Gasteiger partial charge in [0.05, 0.1) is 36.2 Å². The minimum atomic E-state index is -4.73. The van der Waals surface area contributed by atoms with Gasteiger partial charge in [0, 0.05) is 18.3 Å². The molecule has 0 spiro atoms. The van der Waals surface area contributed by atoms with Crippen LogP contribution < -0.4 is 14.8 Å². The highest BCUT2D eigenvalue weighted by Crippen LogP contribution is 2.36. The molecule has 0 bridgehead atoms. The van der Waals surface area contributed by atoms with E-state index in [0.29, 0.717) is 18.2 Å². The van der Waals surface area contributed by atoms with Gasteiger partial charge in [-0.3, -0.25) is 4.79 Å². The number of rotatable bonds is 10. The van der Waals surface area contributed by atoms with Crippen molar-refractivity contribution in [3.05, 3.63) is 82.9 Å². The molecular formula is C25H24ClF3N2O5S. The smallest absolute Gasteiger partial charge is 0.417 e. The van der Waals surface area contributed by atoms with E-state index in [1.165, 1.54) is 38.5 Å². The first-order chi connectivity index (χ1) is 17.5. The van der Waals surface area contributed by atoms with Crippen molar-refractivity contribution in [3.63, 3.8) is 0 Å². The molecule has 0 aromatic heterocycles. The Bertz CT molecular complexity index is 1350. The van der Waals surface area contributed by atoms with Crippen LogP contribution in [-0.2, 0) is 27.4 Å². The number of carbonyl (C=O) groups is 1. The second-order valence-corrected chi connectivity index (χ2v) is 10.2. The van der Waals surface area contributed by atoms with Gasteiger partial charge in [0.25, 0.3) is 0 Å². The van der Waals surface area contributed by atoms with Crippen LogP contribution in [0.25, 0.3) is 0 Å². The van der Waals surface area contributed by atoms with Gasteiger partial charge in [-0.2, -0.15) is 17.5 Å². The van der Waals surface area contributed by atoms with Crippen molar-refractivity contribution in [2.75, 3.05) is 32.6 Å². The Labute approximate surface area is 217 Å². The van der Waals surface area contributed by atoms with Gasteiger partial charge in [0.1, 0.15) is 0 Å². The molecule has 198 valence electrons. The number of anilines is 1. The normalized spacial score (nSPS) is 11.9. The van der Waals surface area contributed by atoms with Crippen molar-refractivity contribution >= 4 is 33.2 Å². The molecule has 0 saturated heterocycles. The second kappa shape index (κ2) is 11.8. The maximum atomic E-state index is 13.5. The molecular weight excluding hydrogens is 533 g/mol. The van der Waals surface area contributed by atoms with Gasteiger partial charge in [-0.05, 0) is 42.3 Å². The number of nitrogens with zero attached hydrogens (tertiary/aromatic N) is 1. The molecule has 0 aliphatic rings. The summed E-state index contributed by atoms with van der Waals surface area (Å²) >= 11 is 5.64. The van der Waals surface area contributed by atoms with Crippen LogP contribution in [0.5, 0.6) is 11.5 Å². The summed E-state index contributed by atoms with van der Waals surface area (Å²) in [6.07, 6.45) is -4.43. The Morgan fingerprint density at radius 1 is 0.973 bits per heavy atom. The van der Waals surface area contributed by atoms with Crippen molar-refractivity contribution < 1.29 is 35.9 Å². The predicted octanol–water partition coefficient (Wildman–Crippen LogP) is 5.25. The average Bonchev–Trinajstić information content (AvgIpc) is 2.87. The highest BCUT2D eigenvalue weighted by molar-refractivity contribution is 7.89. The zero-order chi connectivity index (χ0) is 27.2. The molecule has 3 rings (SSSR count). The number of amides is 1. The molecule has 0 fully saturated rings. The first kappa shape index (κ1) is 28.3. The van der Waals surface area contributed by atoms with Crippen LogP contribution >= 0.6 is 11.6 Å². The summed E-state index contributed by atoms with van der Waals surface area (Å²) < 4.78 is 77.9.